The van der Waals surface area contributed by atoms with Gasteiger partial charge in [-0.05, 0) is 37.1 Å². The molecule has 0 unspecified atom stereocenters. The summed E-state index contributed by atoms with van der Waals surface area (Å²) in [6.45, 7) is 3.93. The maximum Gasteiger partial charge on any atom is 0.332 e. The monoisotopic (exact) mass is 216 g/mol. The van der Waals surface area contributed by atoms with Crippen LogP contribution in [0.4, 0.5) is 0 Å². The number of hydrogen-bond donors (Lipinski definition) is 1. The molecule has 0 spiro atoms. The number of hydrogen-bond acceptors (Lipinski definition) is 2. The molecule has 16 heavy (non-hydrogen) atoms. The van der Waals surface area contributed by atoms with Crippen LogP contribution in [-0.2, 0) is 0 Å². The molecule has 0 aliphatic carbocycles. The summed E-state index contributed by atoms with van der Waals surface area (Å²) >= 11 is 0. The highest BCUT2D eigenvalue weighted by atomic mass is 16.2. The summed E-state index contributed by atoms with van der Waals surface area (Å²) in [6, 6.07) is 6.81. The number of aryl methyl sites for hydroxylation is 2. The maximum atomic E-state index is 11.6. The zero-order valence-electron chi connectivity index (χ0n) is 9.15. The third-order valence-electron chi connectivity index (χ3n) is 2.60. The van der Waals surface area contributed by atoms with Crippen LogP contribution in [0.25, 0.3) is 5.69 Å². The lowest BCUT2D eigenvalue weighted by atomic mass is 10.1. The molecule has 0 aliphatic rings. The number of aromatic amines is 1. The number of rotatable bonds is 1. The first-order valence-corrected chi connectivity index (χ1v) is 4.98. The van der Waals surface area contributed by atoms with E-state index in [9.17, 15) is 9.59 Å². The van der Waals surface area contributed by atoms with Crippen LogP contribution >= 0.6 is 0 Å². The summed E-state index contributed by atoms with van der Waals surface area (Å²) in [7, 11) is 0. The van der Waals surface area contributed by atoms with Crippen LogP contribution in [0.3, 0.4) is 0 Å². The summed E-state index contributed by atoms with van der Waals surface area (Å²) in [6.07, 6.45) is 1.35. The molecule has 0 aliphatic heterocycles. The van der Waals surface area contributed by atoms with Crippen molar-refractivity contribution < 1.29 is 0 Å². The van der Waals surface area contributed by atoms with Crippen molar-refractivity contribution in [3.63, 3.8) is 0 Å². The van der Waals surface area contributed by atoms with E-state index < -0.39 is 5.69 Å². The molecule has 0 amide bonds. The molecule has 0 saturated carbocycles. The topological polar surface area (TPSA) is 54.9 Å². The van der Waals surface area contributed by atoms with Crippen LogP contribution in [-0.4, -0.2) is 9.55 Å². The first-order chi connectivity index (χ1) is 7.59. The summed E-state index contributed by atoms with van der Waals surface area (Å²) in [5.41, 5.74) is 2.02. The van der Waals surface area contributed by atoms with Gasteiger partial charge in [-0.2, -0.15) is 0 Å². The Morgan fingerprint density at radius 3 is 2.44 bits per heavy atom. The van der Waals surface area contributed by atoms with Crippen molar-refractivity contribution in [2.24, 2.45) is 0 Å². The Hall–Kier alpha value is -2.10. The number of nitrogens with one attached hydrogen (secondary N) is 1. The normalized spacial score (nSPS) is 10.4. The molecule has 2 aromatic rings. The van der Waals surface area contributed by atoms with E-state index in [-0.39, 0.29) is 5.56 Å². The molecular formula is C12H12N2O2. The van der Waals surface area contributed by atoms with E-state index in [0.29, 0.717) is 5.69 Å². The second-order valence-electron chi connectivity index (χ2n) is 3.73. The molecule has 4 nitrogen and oxygen atoms in total. The van der Waals surface area contributed by atoms with E-state index in [1.807, 2.05) is 26.0 Å². The number of nitrogens with zero attached hydrogens (tertiary/aromatic N) is 1. The molecule has 82 valence electrons. The molecule has 0 saturated heterocycles. The molecule has 0 atom stereocenters. The van der Waals surface area contributed by atoms with Gasteiger partial charge in [0.05, 0.1) is 5.69 Å². The average molecular weight is 216 g/mol. The highest BCUT2D eigenvalue weighted by Crippen LogP contribution is 2.10. The van der Waals surface area contributed by atoms with Gasteiger partial charge in [0.2, 0.25) is 0 Å². The summed E-state index contributed by atoms with van der Waals surface area (Å²) < 4.78 is 1.12. The van der Waals surface area contributed by atoms with Gasteiger partial charge >= 0.3 is 5.69 Å². The Morgan fingerprint density at radius 1 is 1.06 bits per heavy atom. The third-order valence-corrected chi connectivity index (χ3v) is 2.60. The van der Waals surface area contributed by atoms with Crippen molar-refractivity contribution >= 4 is 0 Å². The minimum Gasteiger partial charge on any atom is -0.314 e. The lowest BCUT2D eigenvalue weighted by Gasteiger charge is -2.06. The molecule has 1 heterocycles. The van der Waals surface area contributed by atoms with E-state index in [2.05, 4.69) is 4.98 Å². The lowest BCUT2D eigenvalue weighted by molar-refractivity contribution is 0.874. The predicted molar refractivity (Wildman–Crippen MR) is 62.1 cm³/mol. The molecule has 1 aromatic carbocycles. The fourth-order valence-corrected chi connectivity index (χ4v) is 1.53. The van der Waals surface area contributed by atoms with Crippen LogP contribution < -0.4 is 11.2 Å². The quantitative estimate of drug-likeness (QED) is 0.777. The van der Waals surface area contributed by atoms with E-state index in [0.717, 1.165) is 15.7 Å². The fourth-order valence-electron chi connectivity index (χ4n) is 1.53. The smallest absolute Gasteiger partial charge is 0.314 e. The predicted octanol–water partition coefficient (Wildman–Crippen LogP) is 1.14. The maximum absolute atomic E-state index is 11.6. The van der Waals surface area contributed by atoms with Crippen molar-refractivity contribution in [1.82, 2.24) is 9.55 Å². The van der Waals surface area contributed by atoms with Gasteiger partial charge in [0.1, 0.15) is 0 Å². The second-order valence-corrected chi connectivity index (χ2v) is 3.73. The van der Waals surface area contributed by atoms with Crippen molar-refractivity contribution in [3.8, 4) is 5.69 Å². The standard InChI is InChI=1S/C12H12N2O2/c1-8-3-4-10(7-9(8)2)14-11(15)5-6-13-12(14)16/h3-7H,1-2H3,(H,13,16). The van der Waals surface area contributed by atoms with E-state index in [1.165, 1.54) is 12.3 Å². The van der Waals surface area contributed by atoms with Crippen LogP contribution in [0.5, 0.6) is 0 Å². The van der Waals surface area contributed by atoms with Gasteiger partial charge in [0.15, 0.2) is 0 Å². The minimum atomic E-state index is -0.421. The molecule has 1 N–H and O–H groups in total. The van der Waals surface area contributed by atoms with Gasteiger partial charge in [0.25, 0.3) is 5.56 Å². The zero-order valence-corrected chi connectivity index (χ0v) is 9.15. The molecule has 0 bridgehead atoms. The Bertz CT molecular complexity index is 610. The van der Waals surface area contributed by atoms with Crippen molar-refractivity contribution in [1.29, 1.82) is 0 Å². The van der Waals surface area contributed by atoms with Gasteiger partial charge in [-0.15, -0.1) is 0 Å². The lowest BCUT2D eigenvalue weighted by Crippen LogP contribution is -2.32. The second kappa shape index (κ2) is 3.81. The van der Waals surface area contributed by atoms with Gasteiger partial charge in [-0.3, -0.25) is 4.79 Å². The summed E-state index contributed by atoms with van der Waals surface area (Å²) in [5.74, 6) is 0. The fraction of sp³-hybridized carbons (Fsp3) is 0.167. The molecule has 0 fully saturated rings. The van der Waals surface area contributed by atoms with E-state index >= 15 is 0 Å². The highest BCUT2D eigenvalue weighted by molar-refractivity contribution is 5.39. The summed E-state index contributed by atoms with van der Waals surface area (Å²) in [5, 5.41) is 0. The number of H-pyrrole nitrogens is 1. The van der Waals surface area contributed by atoms with Gasteiger partial charge in [-0.1, -0.05) is 6.07 Å². The van der Waals surface area contributed by atoms with Gasteiger partial charge in [-0.25, -0.2) is 9.36 Å². The number of aromatic nitrogens is 2. The molecule has 0 radical (unpaired) electrons. The van der Waals surface area contributed by atoms with E-state index in [1.54, 1.807) is 6.07 Å². The van der Waals surface area contributed by atoms with E-state index in [4.69, 9.17) is 0 Å². The Labute approximate surface area is 92.2 Å². The van der Waals surface area contributed by atoms with Crippen molar-refractivity contribution in [2.45, 2.75) is 13.8 Å². The Morgan fingerprint density at radius 2 is 1.81 bits per heavy atom. The summed E-state index contributed by atoms with van der Waals surface area (Å²) in [4.78, 5) is 25.6. The largest absolute Gasteiger partial charge is 0.332 e. The Balaban J connectivity index is 2.73. The van der Waals surface area contributed by atoms with Crippen LogP contribution in [0.1, 0.15) is 11.1 Å². The van der Waals surface area contributed by atoms with Gasteiger partial charge in [0, 0.05) is 12.3 Å². The zero-order chi connectivity index (χ0) is 11.7. The number of benzene rings is 1. The Kier molecular flexibility index (Phi) is 2.48. The van der Waals surface area contributed by atoms with Crippen molar-refractivity contribution in [3.05, 3.63) is 62.4 Å². The third kappa shape index (κ3) is 1.69. The van der Waals surface area contributed by atoms with Gasteiger partial charge < -0.3 is 4.98 Å². The minimum absolute atomic E-state index is 0.327. The highest BCUT2D eigenvalue weighted by Gasteiger charge is 2.04. The molecule has 2 rings (SSSR count). The van der Waals surface area contributed by atoms with Crippen LogP contribution in [0.2, 0.25) is 0 Å². The molecular weight excluding hydrogens is 204 g/mol. The SMILES string of the molecule is Cc1ccc(-n2c(=O)cc[nH]c2=O)cc1C. The van der Waals surface area contributed by atoms with Crippen molar-refractivity contribution in [2.75, 3.05) is 0 Å². The first-order valence-electron chi connectivity index (χ1n) is 4.98. The molecule has 4 heteroatoms. The van der Waals surface area contributed by atoms with Crippen LogP contribution in [0, 0.1) is 13.8 Å². The molecule has 1 aromatic heterocycles. The van der Waals surface area contributed by atoms with Crippen LogP contribution in [0.15, 0.2) is 40.1 Å². The first kappa shape index (κ1) is 10.4. The average Bonchev–Trinajstić information content (AvgIpc) is 2.23.